The maximum atomic E-state index is 11.9. The highest BCUT2D eigenvalue weighted by Gasteiger charge is 2.11. The molecule has 16 heavy (non-hydrogen) atoms. The highest BCUT2D eigenvalue weighted by atomic mass is 32.2. The van der Waals surface area contributed by atoms with E-state index in [9.17, 15) is 9.90 Å². The van der Waals surface area contributed by atoms with E-state index in [4.69, 9.17) is 0 Å². The van der Waals surface area contributed by atoms with Gasteiger partial charge in [0, 0.05) is 17.4 Å². The largest absolute Gasteiger partial charge is 0.508 e. The molecule has 0 radical (unpaired) electrons. The molecule has 2 N–H and O–H groups in total. The molecule has 3 nitrogen and oxygen atoms in total. The topological polar surface area (TPSA) is 49.3 Å². The van der Waals surface area contributed by atoms with Crippen molar-refractivity contribution >= 4 is 17.7 Å². The summed E-state index contributed by atoms with van der Waals surface area (Å²) in [6.07, 6.45) is 2.01. The van der Waals surface area contributed by atoms with E-state index >= 15 is 0 Å². The van der Waals surface area contributed by atoms with Crippen LogP contribution < -0.4 is 5.32 Å². The highest BCUT2D eigenvalue weighted by Crippen LogP contribution is 2.15. The summed E-state index contributed by atoms with van der Waals surface area (Å²) in [5.41, 5.74) is 1.40. The average molecular weight is 239 g/mol. The van der Waals surface area contributed by atoms with E-state index in [1.165, 1.54) is 6.07 Å². The van der Waals surface area contributed by atoms with Gasteiger partial charge in [-0.2, -0.15) is 11.8 Å². The van der Waals surface area contributed by atoms with Gasteiger partial charge in [-0.25, -0.2) is 0 Å². The number of thioether (sulfide) groups is 1. The molecule has 0 aromatic heterocycles. The van der Waals surface area contributed by atoms with Gasteiger partial charge in [-0.15, -0.1) is 0 Å². The maximum absolute atomic E-state index is 11.9. The molecule has 1 atom stereocenters. The molecule has 0 saturated carbocycles. The fraction of sp³-hybridized carbons (Fsp3) is 0.417. The molecule has 0 spiro atoms. The molecule has 1 aromatic carbocycles. The van der Waals surface area contributed by atoms with Crippen LogP contribution in [0.25, 0.3) is 0 Å². The van der Waals surface area contributed by atoms with E-state index < -0.39 is 0 Å². The first-order valence-corrected chi connectivity index (χ1v) is 6.53. The van der Waals surface area contributed by atoms with E-state index in [0.717, 1.165) is 11.3 Å². The van der Waals surface area contributed by atoms with Crippen LogP contribution in [-0.4, -0.2) is 29.1 Å². The van der Waals surface area contributed by atoms with Gasteiger partial charge in [0.2, 0.25) is 0 Å². The third-order valence-corrected chi connectivity index (χ3v) is 3.08. The first kappa shape index (κ1) is 12.9. The number of carbonyl (C=O) groups is 1. The third-order valence-electron chi connectivity index (χ3n) is 2.25. The van der Waals surface area contributed by atoms with Crippen LogP contribution in [0.3, 0.4) is 0 Å². The maximum Gasteiger partial charge on any atom is 0.251 e. The van der Waals surface area contributed by atoms with E-state index in [2.05, 4.69) is 5.32 Å². The summed E-state index contributed by atoms with van der Waals surface area (Å²) in [6, 6.07) is 4.91. The number of aryl methyl sites for hydroxylation is 1. The van der Waals surface area contributed by atoms with Crippen molar-refractivity contribution in [3.8, 4) is 5.75 Å². The van der Waals surface area contributed by atoms with Gasteiger partial charge in [-0.1, -0.05) is 0 Å². The summed E-state index contributed by atoms with van der Waals surface area (Å²) in [5, 5.41) is 12.2. The molecule has 1 amide bonds. The van der Waals surface area contributed by atoms with Crippen LogP contribution in [0.4, 0.5) is 0 Å². The predicted octanol–water partition coefficient (Wildman–Crippen LogP) is 2.18. The lowest BCUT2D eigenvalue weighted by atomic mass is 10.1. The molecule has 0 aliphatic rings. The van der Waals surface area contributed by atoms with Crippen molar-refractivity contribution in [3.05, 3.63) is 29.3 Å². The molecule has 1 aromatic rings. The minimum atomic E-state index is -0.0842. The third kappa shape index (κ3) is 3.45. The van der Waals surface area contributed by atoms with Gasteiger partial charge >= 0.3 is 0 Å². The monoisotopic (exact) mass is 239 g/mol. The van der Waals surface area contributed by atoms with Gasteiger partial charge in [-0.05, 0) is 43.9 Å². The molecule has 0 bridgehead atoms. The first-order valence-electron chi connectivity index (χ1n) is 5.14. The fourth-order valence-electron chi connectivity index (χ4n) is 1.50. The van der Waals surface area contributed by atoms with Crippen molar-refractivity contribution in [1.82, 2.24) is 5.32 Å². The van der Waals surface area contributed by atoms with Crippen molar-refractivity contribution in [2.75, 3.05) is 12.0 Å². The number of phenolic OH excluding ortho intramolecular Hbond substituents is 1. The Bertz CT molecular complexity index is 379. The number of amides is 1. The second-order valence-electron chi connectivity index (χ2n) is 3.83. The number of phenols is 1. The Hall–Kier alpha value is -1.16. The second-order valence-corrected chi connectivity index (χ2v) is 4.74. The van der Waals surface area contributed by atoms with E-state index in [1.54, 1.807) is 23.9 Å². The van der Waals surface area contributed by atoms with Crippen LogP contribution in [0, 0.1) is 6.92 Å². The Balaban J connectivity index is 2.73. The summed E-state index contributed by atoms with van der Waals surface area (Å²) >= 11 is 1.70. The normalized spacial score (nSPS) is 12.2. The zero-order valence-electron chi connectivity index (χ0n) is 9.78. The number of nitrogens with one attached hydrogen (secondary N) is 1. The molecular weight excluding hydrogens is 222 g/mol. The van der Waals surface area contributed by atoms with E-state index in [-0.39, 0.29) is 17.7 Å². The quantitative estimate of drug-likeness (QED) is 0.846. The molecule has 0 saturated heterocycles. The summed E-state index contributed by atoms with van der Waals surface area (Å²) in [5.74, 6) is 0.994. The Morgan fingerprint density at radius 2 is 2.25 bits per heavy atom. The number of aromatic hydroxyl groups is 1. The molecule has 88 valence electrons. The fourth-order valence-corrected chi connectivity index (χ4v) is 2.08. The predicted molar refractivity (Wildman–Crippen MR) is 68.2 cm³/mol. The SMILES string of the molecule is CSCC(C)NC(=O)c1ccc(O)cc1C. The molecule has 4 heteroatoms. The lowest BCUT2D eigenvalue weighted by Crippen LogP contribution is -2.34. The molecule has 1 unspecified atom stereocenters. The van der Waals surface area contributed by atoms with Gasteiger partial charge in [0.15, 0.2) is 0 Å². The van der Waals surface area contributed by atoms with Gasteiger partial charge in [-0.3, -0.25) is 4.79 Å². The van der Waals surface area contributed by atoms with Crippen molar-refractivity contribution < 1.29 is 9.90 Å². The smallest absolute Gasteiger partial charge is 0.251 e. The van der Waals surface area contributed by atoms with Gasteiger partial charge in [0.25, 0.3) is 5.91 Å². The molecule has 0 heterocycles. The number of hydrogen-bond donors (Lipinski definition) is 2. The van der Waals surface area contributed by atoms with Gasteiger partial charge in [0.1, 0.15) is 5.75 Å². The number of carbonyl (C=O) groups excluding carboxylic acids is 1. The summed E-state index contributed by atoms with van der Waals surface area (Å²) < 4.78 is 0. The Morgan fingerprint density at radius 3 is 2.81 bits per heavy atom. The number of benzene rings is 1. The lowest BCUT2D eigenvalue weighted by Gasteiger charge is -2.13. The van der Waals surface area contributed by atoms with Crippen molar-refractivity contribution in [2.45, 2.75) is 19.9 Å². The van der Waals surface area contributed by atoms with Gasteiger partial charge in [0.05, 0.1) is 0 Å². The van der Waals surface area contributed by atoms with E-state index in [0.29, 0.717) is 5.56 Å². The van der Waals surface area contributed by atoms with Crippen molar-refractivity contribution in [1.29, 1.82) is 0 Å². The average Bonchev–Trinajstić information content (AvgIpc) is 2.17. The minimum Gasteiger partial charge on any atom is -0.508 e. The second kappa shape index (κ2) is 5.80. The molecule has 0 fully saturated rings. The Labute approximate surface area is 100 Å². The summed E-state index contributed by atoms with van der Waals surface area (Å²) in [6.45, 7) is 3.79. The minimum absolute atomic E-state index is 0.0842. The lowest BCUT2D eigenvalue weighted by molar-refractivity contribution is 0.0943. The molecule has 0 aliphatic carbocycles. The van der Waals surface area contributed by atoms with Crippen LogP contribution in [0.1, 0.15) is 22.8 Å². The molecule has 1 rings (SSSR count). The van der Waals surface area contributed by atoms with Crippen LogP contribution in [0.15, 0.2) is 18.2 Å². The Kier molecular flexibility index (Phi) is 4.68. The standard InChI is InChI=1S/C12H17NO2S/c1-8-6-10(14)4-5-11(8)12(15)13-9(2)7-16-3/h4-6,9,14H,7H2,1-3H3,(H,13,15). The zero-order valence-corrected chi connectivity index (χ0v) is 10.6. The van der Waals surface area contributed by atoms with Crippen LogP contribution in [0.5, 0.6) is 5.75 Å². The van der Waals surface area contributed by atoms with E-state index in [1.807, 2.05) is 20.1 Å². The molecule has 0 aliphatic heterocycles. The summed E-state index contributed by atoms with van der Waals surface area (Å²) in [7, 11) is 0. The first-order chi connectivity index (χ1) is 7.54. The zero-order chi connectivity index (χ0) is 12.1. The number of hydrogen-bond acceptors (Lipinski definition) is 3. The molecular formula is C12H17NO2S. The van der Waals surface area contributed by atoms with Crippen LogP contribution in [-0.2, 0) is 0 Å². The van der Waals surface area contributed by atoms with Crippen molar-refractivity contribution in [3.63, 3.8) is 0 Å². The van der Waals surface area contributed by atoms with Crippen molar-refractivity contribution in [2.24, 2.45) is 0 Å². The Morgan fingerprint density at radius 1 is 1.56 bits per heavy atom. The van der Waals surface area contributed by atoms with Gasteiger partial charge < -0.3 is 10.4 Å². The summed E-state index contributed by atoms with van der Waals surface area (Å²) in [4.78, 5) is 11.9. The number of rotatable bonds is 4. The van der Waals surface area contributed by atoms with Crippen LogP contribution >= 0.6 is 11.8 Å². The highest BCUT2D eigenvalue weighted by molar-refractivity contribution is 7.98. The van der Waals surface area contributed by atoms with Crippen LogP contribution in [0.2, 0.25) is 0 Å².